The number of sulfone groups is 1. The molecule has 0 saturated heterocycles. The predicted octanol–water partition coefficient (Wildman–Crippen LogP) is 2.63. The van der Waals surface area contributed by atoms with E-state index >= 15 is 0 Å². The molecule has 0 aliphatic heterocycles. The van der Waals surface area contributed by atoms with Gasteiger partial charge in [0.25, 0.3) is 0 Å². The Labute approximate surface area is 114 Å². The highest BCUT2D eigenvalue weighted by molar-refractivity contribution is 9.09. The molecule has 96 valence electrons. The normalized spacial score (nSPS) is 44.3. The van der Waals surface area contributed by atoms with Crippen LogP contribution in [0, 0.1) is 29.5 Å². The zero-order valence-corrected chi connectivity index (χ0v) is 11.9. The number of hydrogen-bond acceptors (Lipinski definition) is 2. The first-order chi connectivity index (χ1) is 8.51. The van der Waals surface area contributed by atoms with Crippen molar-refractivity contribution in [2.24, 2.45) is 23.7 Å². The Morgan fingerprint density at radius 2 is 1.78 bits per heavy atom. The maximum Gasteiger partial charge on any atom is 0.181 e. The van der Waals surface area contributed by atoms with Crippen molar-refractivity contribution in [3.63, 3.8) is 0 Å². The van der Waals surface area contributed by atoms with Crippen molar-refractivity contribution in [2.75, 3.05) is 0 Å². The topological polar surface area (TPSA) is 34.1 Å². The third kappa shape index (κ3) is 1.24. The Balaban J connectivity index is 1.75. The predicted molar refractivity (Wildman–Crippen MR) is 68.7 cm³/mol. The average molecular weight is 331 g/mol. The molecule has 4 aliphatic carbocycles. The molecular formula is C13H12BrFO2S. The van der Waals surface area contributed by atoms with E-state index in [2.05, 4.69) is 15.9 Å². The second kappa shape index (κ2) is 3.37. The van der Waals surface area contributed by atoms with E-state index < -0.39 is 15.7 Å². The van der Waals surface area contributed by atoms with Gasteiger partial charge in [-0.15, -0.1) is 0 Å². The molecule has 0 aromatic heterocycles. The standard InChI is InChI=1S/C13H12BrFO2S/c14-12-9-5-8-10(12)11(8)13(9)18(16,17)7-3-1-6(15)2-4-7/h1-4,8-13H,5H2/t8-,9+,10?,11?,12+,13+/m1/s1. The molecule has 4 saturated carbocycles. The summed E-state index contributed by atoms with van der Waals surface area (Å²) in [6.45, 7) is 0. The van der Waals surface area contributed by atoms with Crippen molar-refractivity contribution in [2.45, 2.75) is 21.4 Å². The lowest BCUT2D eigenvalue weighted by molar-refractivity contribution is 0.547. The van der Waals surface area contributed by atoms with Crippen LogP contribution in [0.3, 0.4) is 0 Å². The molecule has 5 heteroatoms. The lowest BCUT2D eigenvalue weighted by Gasteiger charge is -2.17. The van der Waals surface area contributed by atoms with Crippen molar-refractivity contribution in [3.05, 3.63) is 30.1 Å². The van der Waals surface area contributed by atoms with Crippen LogP contribution in [0.2, 0.25) is 0 Å². The molecule has 18 heavy (non-hydrogen) atoms. The first-order valence-electron chi connectivity index (χ1n) is 6.15. The molecule has 0 radical (unpaired) electrons. The van der Waals surface area contributed by atoms with Gasteiger partial charge in [-0.25, -0.2) is 12.8 Å². The van der Waals surface area contributed by atoms with Crippen LogP contribution < -0.4 is 0 Å². The SMILES string of the molecule is O=S(=O)(c1ccc(F)cc1)[C@@H]1C2C3[C@H]2C[C@H]1[C@@H]3Br. The van der Waals surface area contributed by atoms with Gasteiger partial charge in [-0.3, -0.25) is 0 Å². The Morgan fingerprint density at radius 1 is 1.11 bits per heavy atom. The number of hydrogen-bond donors (Lipinski definition) is 0. The Morgan fingerprint density at radius 3 is 2.22 bits per heavy atom. The van der Waals surface area contributed by atoms with Gasteiger partial charge < -0.3 is 0 Å². The molecule has 0 spiro atoms. The summed E-state index contributed by atoms with van der Waals surface area (Å²) in [5.41, 5.74) is 0. The van der Waals surface area contributed by atoms with Crippen LogP contribution >= 0.6 is 15.9 Å². The molecule has 1 aromatic rings. The molecule has 4 fully saturated rings. The number of alkyl halides is 1. The van der Waals surface area contributed by atoms with E-state index in [1.165, 1.54) is 24.3 Å². The van der Waals surface area contributed by atoms with E-state index in [0.29, 0.717) is 22.6 Å². The summed E-state index contributed by atoms with van der Waals surface area (Å²) in [7, 11) is -3.30. The van der Waals surface area contributed by atoms with Gasteiger partial charge in [0.2, 0.25) is 0 Å². The van der Waals surface area contributed by atoms with E-state index in [0.717, 1.165) is 6.42 Å². The minimum atomic E-state index is -3.30. The van der Waals surface area contributed by atoms with Gasteiger partial charge in [-0.1, -0.05) is 15.9 Å². The van der Waals surface area contributed by atoms with Crippen LogP contribution in [0.1, 0.15) is 6.42 Å². The van der Waals surface area contributed by atoms with Gasteiger partial charge in [0.15, 0.2) is 9.84 Å². The molecule has 0 amide bonds. The monoisotopic (exact) mass is 330 g/mol. The van der Waals surface area contributed by atoms with Crippen molar-refractivity contribution < 1.29 is 12.8 Å². The average Bonchev–Trinajstić information content (AvgIpc) is 2.65. The number of benzene rings is 1. The summed E-state index contributed by atoms with van der Waals surface area (Å²) >= 11 is 3.64. The van der Waals surface area contributed by atoms with Gasteiger partial charge in [-0.2, -0.15) is 0 Å². The van der Waals surface area contributed by atoms with E-state index in [9.17, 15) is 12.8 Å². The van der Waals surface area contributed by atoms with Crippen molar-refractivity contribution in [1.82, 2.24) is 0 Å². The van der Waals surface area contributed by atoms with Crippen molar-refractivity contribution in [3.8, 4) is 0 Å². The van der Waals surface area contributed by atoms with Gasteiger partial charge in [0.1, 0.15) is 5.82 Å². The molecule has 2 nitrogen and oxygen atoms in total. The lowest BCUT2D eigenvalue weighted by Crippen LogP contribution is -2.27. The first-order valence-corrected chi connectivity index (χ1v) is 8.61. The quantitative estimate of drug-likeness (QED) is 0.617. The van der Waals surface area contributed by atoms with Crippen LogP contribution in [0.4, 0.5) is 4.39 Å². The van der Waals surface area contributed by atoms with Crippen LogP contribution in [-0.4, -0.2) is 18.5 Å². The molecule has 0 N–H and O–H groups in total. The molecule has 5 rings (SSSR count). The smallest absolute Gasteiger partial charge is 0.181 e. The number of halogens is 2. The third-order valence-corrected chi connectivity index (χ3v) is 8.51. The zero-order valence-electron chi connectivity index (χ0n) is 9.46. The summed E-state index contributed by atoms with van der Waals surface area (Å²) in [6.07, 6.45) is 1.04. The molecular weight excluding hydrogens is 319 g/mol. The number of rotatable bonds is 2. The highest BCUT2D eigenvalue weighted by Gasteiger charge is 2.75. The van der Waals surface area contributed by atoms with E-state index in [-0.39, 0.29) is 16.1 Å². The summed E-state index contributed by atoms with van der Waals surface area (Å²) in [5.74, 6) is 1.37. The Bertz CT molecular complexity index is 612. The van der Waals surface area contributed by atoms with Crippen molar-refractivity contribution >= 4 is 25.8 Å². The minimum Gasteiger partial charge on any atom is -0.223 e. The van der Waals surface area contributed by atoms with Gasteiger partial charge >= 0.3 is 0 Å². The Hall–Kier alpha value is -0.420. The fourth-order valence-electron chi connectivity index (χ4n) is 4.20. The van der Waals surface area contributed by atoms with Crippen LogP contribution in [0.15, 0.2) is 29.2 Å². The van der Waals surface area contributed by atoms with Gasteiger partial charge in [0.05, 0.1) is 10.1 Å². The summed E-state index contributed by atoms with van der Waals surface area (Å²) in [6, 6.07) is 5.23. The van der Waals surface area contributed by atoms with Gasteiger partial charge in [0, 0.05) is 4.83 Å². The van der Waals surface area contributed by atoms with Crippen LogP contribution in [0.25, 0.3) is 0 Å². The fourth-order valence-corrected chi connectivity index (χ4v) is 8.06. The molecule has 2 unspecified atom stereocenters. The van der Waals surface area contributed by atoms with E-state index in [1.54, 1.807) is 0 Å². The molecule has 6 atom stereocenters. The summed E-state index contributed by atoms with van der Waals surface area (Å²) < 4.78 is 38.1. The highest BCUT2D eigenvalue weighted by Crippen LogP contribution is 2.74. The third-order valence-electron chi connectivity index (χ3n) is 4.92. The largest absolute Gasteiger partial charge is 0.223 e. The first kappa shape index (κ1) is 11.4. The van der Waals surface area contributed by atoms with E-state index in [4.69, 9.17) is 0 Å². The fraction of sp³-hybridized carbons (Fsp3) is 0.538. The molecule has 4 aliphatic rings. The minimum absolute atomic E-state index is 0.248. The molecule has 0 heterocycles. The zero-order chi connectivity index (χ0) is 12.7. The Kier molecular flexibility index (Phi) is 2.13. The second-order valence-electron chi connectivity index (χ2n) is 5.63. The lowest BCUT2D eigenvalue weighted by atomic mass is 10.1. The summed E-state index contributed by atoms with van der Waals surface area (Å²) in [4.78, 5) is 0.638. The highest BCUT2D eigenvalue weighted by atomic mass is 79.9. The van der Waals surface area contributed by atoms with Crippen LogP contribution in [-0.2, 0) is 9.84 Å². The maximum atomic E-state index is 12.9. The van der Waals surface area contributed by atoms with Crippen LogP contribution in [0.5, 0.6) is 0 Å². The van der Waals surface area contributed by atoms with E-state index in [1.807, 2.05) is 0 Å². The van der Waals surface area contributed by atoms with Crippen molar-refractivity contribution in [1.29, 1.82) is 0 Å². The summed E-state index contributed by atoms with van der Waals surface area (Å²) in [5, 5.41) is -0.248. The maximum absolute atomic E-state index is 12.9. The molecule has 4 bridgehead atoms. The second-order valence-corrected chi connectivity index (χ2v) is 8.79. The molecule has 1 aromatic carbocycles. The van der Waals surface area contributed by atoms with Gasteiger partial charge in [-0.05, 0) is 54.4 Å².